The fourth-order valence-electron chi connectivity index (χ4n) is 1.68. The third kappa shape index (κ3) is 3.00. The number of fused-ring (bicyclic) bond motifs is 1. The molecule has 0 bridgehead atoms. The average molecular weight is 275 g/mol. The van der Waals surface area contributed by atoms with Gasteiger partial charge < -0.3 is 10.1 Å². The molecular weight excluding hydrogens is 262 g/mol. The fourth-order valence-corrected chi connectivity index (χ4v) is 1.68. The van der Waals surface area contributed by atoms with Crippen LogP contribution in [0.15, 0.2) is 35.3 Å². The second-order valence-corrected chi connectivity index (χ2v) is 4.05. The van der Waals surface area contributed by atoms with E-state index in [4.69, 9.17) is 0 Å². The van der Waals surface area contributed by atoms with Crippen LogP contribution in [-0.2, 0) is 20.9 Å². The quantitative estimate of drug-likeness (QED) is 0.773. The first-order chi connectivity index (χ1) is 9.61. The van der Waals surface area contributed by atoms with Crippen molar-refractivity contribution in [3.8, 4) is 0 Å². The van der Waals surface area contributed by atoms with Crippen molar-refractivity contribution < 1.29 is 14.3 Å². The molecule has 20 heavy (non-hydrogen) atoms. The van der Waals surface area contributed by atoms with Crippen LogP contribution < -0.4 is 10.9 Å². The number of rotatable bonds is 4. The summed E-state index contributed by atoms with van der Waals surface area (Å²) >= 11 is 0. The molecule has 0 aliphatic rings. The lowest BCUT2D eigenvalue weighted by Crippen LogP contribution is -2.36. The molecule has 0 spiro atoms. The molecule has 0 unspecified atom stereocenters. The zero-order valence-corrected chi connectivity index (χ0v) is 10.8. The highest BCUT2D eigenvalue weighted by Crippen LogP contribution is 2.05. The normalized spacial score (nSPS) is 10.2. The van der Waals surface area contributed by atoms with Gasteiger partial charge in [0.15, 0.2) is 0 Å². The summed E-state index contributed by atoms with van der Waals surface area (Å²) in [4.78, 5) is 34.6. The lowest BCUT2D eigenvalue weighted by atomic mass is 10.2. The number of amides is 1. The van der Waals surface area contributed by atoms with Crippen molar-refractivity contribution in [2.45, 2.75) is 6.54 Å². The predicted octanol–water partition coefficient (Wildman–Crippen LogP) is -0.314. The summed E-state index contributed by atoms with van der Waals surface area (Å²) in [7, 11) is 1.23. The Hall–Kier alpha value is -2.70. The van der Waals surface area contributed by atoms with Gasteiger partial charge in [-0.1, -0.05) is 18.2 Å². The van der Waals surface area contributed by atoms with Crippen LogP contribution in [0.25, 0.3) is 10.8 Å². The van der Waals surface area contributed by atoms with Crippen molar-refractivity contribution in [2.75, 3.05) is 13.7 Å². The molecule has 1 aromatic carbocycles. The van der Waals surface area contributed by atoms with E-state index in [1.54, 1.807) is 24.3 Å². The first kappa shape index (κ1) is 13.7. The van der Waals surface area contributed by atoms with E-state index in [9.17, 15) is 14.4 Å². The Morgan fingerprint density at radius 1 is 1.35 bits per heavy atom. The molecule has 0 saturated heterocycles. The van der Waals surface area contributed by atoms with E-state index >= 15 is 0 Å². The van der Waals surface area contributed by atoms with Gasteiger partial charge in [-0.25, -0.2) is 4.68 Å². The Morgan fingerprint density at radius 3 is 2.85 bits per heavy atom. The minimum atomic E-state index is -0.558. The maximum atomic E-state index is 12.1. The van der Waals surface area contributed by atoms with Crippen molar-refractivity contribution >= 4 is 22.6 Å². The van der Waals surface area contributed by atoms with Gasteiger partial charge in [0, 0.05) is 5.39 Å². The third-order valence-corrected chi connectivity index (χ3v) is 2.71. The minimum absolute atomic E-state index is 0.238. The van der Waals surface area contributed by atoms with Gasteiger partial charge in [-0.2, -0.15) is 5.10 Å². The van der Waals surface area contributed by atoms with Gasteiger partial charge in [-0.05, 0) is 6.07 Å². The van der Waals surface area contributed by atoms with Crippen LogP contribution in [0, 0.1) is 0 Å². The largest absolute Gasteiger partial charge is 0.468 e. The highest BCUT2D eigenvalue weighted by Gasteiger charge is 2.09. The van der Waals surface area contributed by atoms with Gasteiger partial charge in [0.2, 0.25) is 5.91 Å². The van der Waals surface area contributed by atoms with Crippen LogP contribution >= 0.6 is 0 Å². The summed E-state index contributed by atoms with van der Waals surface area (Å²) in [6.45, 7) is -0.488. The fraction of sp³-hybridized carbons (Fsp3) is 0.231. The molecular formula is C13H13N3O4. The molecule has 1 heterocycles. The molecule has 7 nitrogen and oxygen atoms in total. The summed E-state index contributed by atoms with van der Waals surface area (Å²) < 4.78 is 5.44. The van der Waals surface area contributed by atoms with Gasteiger partial charge >= 0.3 is 5.97 Å². The molecule has 0 radical (unpaired) electrons. The first-order valence-corrected chi connectivity index (χ1v) is 5.90. The molecule has 0 aliphatic heterocycles. The number of nitrogens with one attached hydrogen (secondary N) is 1. The number of nitrogens with zero attached hydrogens (tertiary/aromatic N) is 2. The number of methoxy groups -OCH3 is 1. The van der Waals surface area contributed by atoms with Crippen LogP contribution in [0.5, 0.6) is 0 Å². The topological polar surface area (TPSA) is 90.3 Å². The van der Waals surface area contributed by atoms with Gasteiger partial charge in [-0.3, -0.25) is 14.4 Å². The van der Waals surface area contributed by atoms with Crippen LogP contribution in [-0.4, -0.2) is 35.3 Å². The molecule has 1 aromatic heterocycles. The monoisotopic (exact) mass is 275 g/mol. The number of carbonyl (C=O) groups excluding carboxylic acids is 2. The van der Waals surface area contributed by atoms with Crippen LogP contribution in [0.2, 0.25) is 0 Å². The molecule has 2 rings (SSSR count). The predicted molar refractivity (Wildman–Crippen MR) is 71.0 cm³/mol. The molecule has 104 valence electrons. The summed E-state index contributed by atoms with van der Waals surface area (Å²) in [5.74, 6) is -1.04. The molecule has 1 amide bonds. The van der Waals surface area contributed by atoms with Crippen LogP contribution in [0.1, 0.15) is 0 Å². The summed E-state index contributed by atoms with van der Waals surface area (Å²) in [6, 6.07) is 6.98. The maximum Gasteiger partial charge on any atom is 0.325 e. The number of ether oxygens (including phenoxy) is 1. The van der Waals surface area contributed by atoms with E-state index in [-0.39, 0.29) is 18.6 Å². The second kappa shape index (κ2) is 5.96. The second-order valence-electron chi connectivity index (χ2n) is 4.05. The molecule has 2 aromatic rings. The van der Waals surface area contributed by atoms with Gasteiger partial charge in [0.25, 0.3) is 5.56 Å². The molecule has 0 fully saturated rings. The Morgan fingerprint density at radius 2 is 2.10 bits per heavy atom. The number of benzene rings is 1. The third-order valence-electron chi connectivity index (χ3n) is 2.71. The van der Waals surface area contributed by atoms with Crippen molar-refractivity contribution in [1.82, 2.24) is 15.1 Å². The summed E-state index contributed by atoms with van der Waals surface area (Å²) in [5.41, 5.74) is -0.351. The maximum absolute atomic E-state index is 12.1. The minimum Gasteiger partial charge on any atom is -0.468 e. The SMILES string of the molecule is COC(=O)CNC(=O)Cn1ncc2ccccc2c1=O. The van der Waals surface area contributed by atoms with Crippen LogP contribution in [0.4, 0.5) is 0 Å². The molecule has 7 heteroatoms. The van der Waals surface area contributed by atoms with Gasteiger partial charge in [0.05, 0.1) is 18.7 Å². The Bertz CT molecular complexity index is 708. The molecule has 0 atom stereocenters. The van der Waals surface area contributed by atoms with Crippen molar-refractivity contribution in [1.29, 1.82) is 0 Å². The van der Waals surface area contributed by atoms with Crippen molar-refractivity contribution in [3.05, 3.63) is 40.8 Å². The zero-order valence-electron chi connectivity index (χ0n) is 10.8. The van der Waals surface area contributed by atoms with Crippen LogP contribution in [0.3, 0.4) is 0 Å². The molecule has 0 saturated carbocycles. The van der Waals surface area contributed by atoms with E-state index < -0.39 is 11.9 Å². The lowest BCUT2D eigenvalue weighted by Gasteiger charge is -2.06. The number of esters is 1. The molecule has 0 aliphatic carbocycles. The number of hydrogen-bond acceptors (Lipinski definition) is 5. The average Bonchev–Trinajstić information content (AvgIpc) is 2.48. The van der Waals surface area contributed by atoms with Crippen molar-refractivity contribution in [2.24, 2.45) is 0 Å². The highest BCUT2D eigenvalue weighted by molar-refractivity contribution is 5.83. The van der Waals surface area contributed by atoms with E-state index in [0.717, 1.165) is 4.68 Å². The van der Waals surface area contributed by atoms with E-state index in [0.29, 0.717) is 10.8 Å². The Labute approximate surface area is 114 Å². The number of aromatic nitrogens is 2. The summed E-state index contributed by atoms with van der Waals surface area (Å²) in [5, 5.41) is 7.47. The van der Waals surface area contributed by atoms with Gasteiger partial charge in [0.1, 0.15) is 13.1 Å². The highest BCUT2D eigenvalue weighted by atomic mass is 16.5. The van der Waals surface area contributed by atoms with E-state index in [1.165, 1.54) is 13.3 Å². The first-order valence-electron chi connectivity index (χ1n) is 5.90. The zero-order chi connectivity index (χ0) is 14.5. The van der Waals surface area contributed by atoms with E-state index in [1.807, 2.05) is 0 Å². The molecule has 1 N–H and O–H groups in total. The van der Waals surface area contributed by atoms with Gasteiger partial charge in [-0.15, -0.1) is 0 Å². The Balaban J connectivity index is 2.14. The summed E-state index contributed by atoms with van der Waals surface area (Å²) in [6.07, 6.45) is 1.52. The van der Waals surface area contributed by atoms with Crippen molar-refractivity contribution in [3.63, 3.8) is 0 Å². The standard InChI is InChI=1S/C13H13N3O4/c1-20-12(18)7-14-11(17)8-16-13(19)10-5-3-2-4-9(10)6-15-16/h2-6H,7-8H2,1H3,(H,14,17). The number of hydrogen-bond donors (Lipinski definition) is 1. The smallest absolute Gasteiger partial charge is 0.325 e. The number of carbonyl (C=O) groups is 2. The van der Waals surface area contributed by atoms with E-state index in [2.05, 4.69) is 15.2 Å². The lowest BCUT2D eigenvalue weighted by molar-refractivity contribution is -0.141. The Kier molecular flexibility index (Phi) is 4.09.